The number of aromatic nitrogens is 1. The van der Waals surface area contributed by atoms with Crippen molar-refractivity contribution in [2.75, 3.05) is 5.32 Å². The zero-order valence-electron chi connectivity index (χ0n) is 9.93. The van der Waals surface area contributed by atoms with Gasteiger partial charge < -0.3 is 5.32 Å². The first-order valence-electron chi connectivity index (χ1n) is 5.58. The van der Waals surface area contributed by atoms with Crippen molar-refractivity contribution in [2.24, 2.45) is 0 Å². The molecule has 0 aliphatic rings. The smallest absolute Gasteiger partial charge is 0.230 e. The molecule has 0 fully saturated rings. The Morgan fingerprint density at radius 2 is 2.11 bits per heavy atom. The lowest BCUT2D eigenvalue weighted by Gasteiger charge is -2.05. The summed E-state index contributed by atoms with van der Waals surface area (Å²) in [7, 11) is 0. The molecule has 0 saturated heterocycles. The number of carbonyl (C=O) groups is 1. The molecule has 0 radical (unpaired) electrons. The number of hydrogen-bond donors (Lipinski definition) is 1. The molecule has 0 aliphatic heterocycles. The summed E-state index contributed by atoms with van der Waals surface area (Å²) >= 11 is 0. The number of nitrogens with one attached hydrogen (secondary N) is 1. The molecular weight excluding hydrogens is 245 g/mol. The minimum absolute atomic E-state index is 0.0612. The molecule has 4 nitrogen and oxygen atoms in total. The Balaban J connectivity index is 2.01. The van der Waals surface area contributed by atoms with Crippen LogP contribution in [0.4, 0.5) is 10.2 Å². The summed E-state index contributed by atoms with van der Waals surface area (Å²) in [6, 6.07) is 11.1. The van der Waals surface area contributed by atoms with Gasteiger partial charge in [0.25, 0.3) is 0 Å². The van der Waals surface area contributed by atoms with Gasteiger partial charge in [0, 0.05) is 6.20 Å². The summed E-state index contributed by atoms with van der Waals surface area (Å²) in [6.45, 7) is 0. The summed E-state index contributed by atoms with van der Waals surface area (Å²) in [5.74, 6) is -0.437. The van der Waals surface area contributed by atoms with Gasteiger partial charge in [0.1, 0.15) is 17.7 Å². The largest absolute Gasteiger partial charge is 0.310 e. The van der Waals surface area contributed by atoms with Gasteiger partial charge in [-0.05, 0) is 23.8 Å². The predicted octanol–water partition coefficient (Wildman–Crippen LogP) is 2.27. The molecule has 1 N–H and O–H groups in total. The van der Waals surface area contributed by atoms with E-state index in [1.165, 1.54) is 18.3 Å². The first-order chi connectivity index (χ1) is 9.19. The van der Waals surface area contributed by atoms with Crippen LogP contribution < -0.4 is 5.32 Å². The fourth-order valence-corrected chi connectivity index (χ4v) is 1.54. The van der Waals surface area contributed by atoms with Crippen molar-refractivity contribution in [1.82, 2.24) is 4.98 Å². The quantitative estimate of drug-likeness (QED) is 0.914. The average molecular weight is 255 g/mol. The molecule has 1 heterocycles. The van der Waals surface area contributed by atoms with Gasteiger partial charge in [0.15, 0.2) is 0 Å². The maximum absolute atomic E-state index is 13.4. The van der Waals surface area contributed by atoms with Gasteiger partial charge in [-0.15, -0.1) is 0 Å². The molecule has 0 atom stereocenters. The number of halogens is 1. The van der Waals surface area contributed by atoms with Crippen LogP contribution in [-0.4, -0.2) is 10.9 Å². The Bertz CT molecular complexity index is 632. The Morgan fingerprint density at radius 1 is 1.32 bits per heavy atom. The van der Waals surface area contributed by atoms with Crippen molar-refractivity contribution < 1.29 is 9.18 Å². The van der Waals surface area contributed by atoms with E-state index < -0.39 is 5.82 Å². The SMILES string of the molecule is N#Cc1ccc(NC(=O)Cc2ccccc2F)nc1. The lowest BCUT2D eigenvalue weighted by atomic mass is 10.1. The molecule has 0 bridgehead atoms. The number of carbonyl (C=O) groups excluding carboxylic acids is 1. The number of nitriles is 1. The first-order valence-corrected chi connectivity index (χ1v) is 5.58. The van der Waals surface area contributed by atoms with Crippen molar-refractivity contribution in [3.8, 4) is 6.07 Å². The third kappa shape index (κ3) is 3.36. The van der Waals surface area contributed by atoms with Crippen LogP contribution >= 0.6 is 0 Å². The number of pyridine rings is 1. The van der Waals surface area contributed by atoms with E-state index in [0.29, 0.717) is 16.9 Å². The van der Waals surface area contributed by atoms with Crippen LogP contribution in [0.25, 0.3) is 0 Å². The fraction of sp³-hybridized carbons (Fsp3) is 0.0714. The van der Waals surface area contributed by atoms with Gasteiger partial charge in [-0.3, -0.25) is 4.79 Å². The second-order valence-corrected chi connectivity index (χ2v) is 3.86. The molecule has 0 unspecified atom stereocenters. The van der Waals surface area contributed by atoms with E-state index in [1.807, 2.05) is 6.07 Å². The van der Waals surface area contributed by atoms with Crippen molar-refractivity contribution in [1.29, 1.82) is 5.26 Å². The maximum atomic E-state index is 13.4. The Morgan fingerprint density at radius 3 is 2.74 bits per heavy atom. The molecule has 2 aromatic rings. The number of amides is 1. The van der Waals surface area contributed by atoms with Crippen molar-refractivity contribution >= 4 is 11.7 Å². The van der Waals surface area contributed by atoms with Gasteiger partial charge in [0.05, 0.1) is 12.0 Å². The molecule has 1 aromatic heterocycles. The molecule has 1 amide bonds. The highest BCUT2D eigenvalue weighted by atomic mass is 19.1. The van der Waals surface area contributed by atoms with Crippen LogP contribution in [0, 0.1) is 17.1 Å². The van der Waals surface area contributed by atoms with Crippen LogP contribution in [0.3, 0.4) is 0 Å². The number of benzene rings is 1. The number of rotatable bonds is 3. The number of nitrogens with zero attached hydrogens (tertiary/aromatic N) is 2. The van der Waals surface area contributed by atoms with Gasteiger partial charge in [-0.25, -0.2) is 9.37 Å². The number of anilines is 1. The highest BCUT2D eigenvalue weighted by Crippen LogP contribution is 2.09. The molecule has 0 spiro atoms. The molecule has 0 aliphatic carbocycles. The average Bonchev–Trinajstić information content (AvgIpc) is 2.42. The van der Waals surface area contributed by atoms with Crippen LogP contribution in [0.15, 0.2) is 42.6 Å². The molecular formula is C14H10FN3O. The zero-order valence-corrected chi connectivity index (χ0v) is 9.93. The fourth-order valence-electron chi connectivity index (χ4n) is 1.54. The second-order valence-electron chi connectivity index (χ2n) is 3.86. The molecule has 1 aromatic carbocycles. The van der Waals surface area contributed by atoms with Crippen molar-refractivity contribution in [3.05, 3.63) is 59.5 Å². The van der Waals surface area contributed by atoms with E-state index >= 15 is 0 Å². The lowest BCUT2D eigenvalue weighted by molar-refractivity contribution is -0.115. The minimum Gasteiger partial charge on any atom is -0.310 e. The summed E-state index contributed by atoms with van der Waals surface area (Å²) in [5.41, 5.74) is 0.737. The molecule has 2 rings (SSSR count). The van der Waals surface area contributed by atoms with E-state index in [-0.39, 0.29) is 12.3 Å². The summed E-state index contributed by atoms with van der Waals surface area (Å²) in [6.07, 6.45) is 1.30. The Hall–Kier alpha value is -2.74. The predicted molar refractivity (Wildman–Crippen MR) is 67.7 cm³/mol. The minimum atomic E-state index is -0.412. The monoisotopic (exact) mass is 255 g/mol. The summed E-state index contributed by atoms with van der Waals surface area (Å²) in [5, 5.41) is 11.2. The van der Waals surface area contributed by atoms with E-state index in [0.717, 1.165) is 0 Å². The molecule has 0 saturated carbocycles. The van der Waals surface area contributed by atoms with Crippen LogP contribution in [0.2, 0.25) is 0 Å². The summed E-state index contributed by atoms with van der Waals surface area (Å²) < 4.78 is 13.4. The van der Waals surface area contributed by atoms with Gasteiger partial charge in [-0.1, -0.05) is 18.2 Å². The van der Waals surface area contributed by atoms with Crippen molar-refractivity contribution in [3.63, 3.8) is 0 Å². The molecule has 94 valence electrons. The third-order valence-electron chi connectivity index (χ3n) is 2.47. The number of hydrogen-bond acceptors (Lipinski definition) is 3. The lowest BCUT2D eigenvalue weighted by Crippen LogP contribution is -2.16. The normalized spacial score (nSPS) is 9.68. The van der Waals surface area contributed by atoms with Gasteiger partial charge in [-0.2, -0.15) is 5.26 Å². The standard InChI is InChI=1S/C14H10FN3O/c15-12-4-2-1-3-11(12)7-14(19)18-13-6-5-10(8-16)9-17-13/h1-6,9H,7H2,(H,17,18,19). The topological polar surface area (TPSA) is 65.8 Å². The van der Waals surface area contributed by atoms with Crippen LogP contribution in [-0.2, 0) is 11.2 Å². The van der Waals surface area contributed by atoms with E-state index in [9.17, 15) is 9.18 Å². The molecule has 19 heavy (non-hydrogen) atoms. The highest BCUT2D eigenvalue weighted by molar-refractivity contribution is 5.91. The van der Waals surface area contributed by atoms with E-state index in [2.05, 4.69) is 10.3 Å². The Kier molecular flexibility index (Phi) is 3.84. The summed E-state index contributed by atoms with van der Waals surface area (Å²) in [4.78, 5) is 15.6. The third-order valence-corrected chi connectivity index (χ3v) is 2.47. The van der Waals surface area contributed by atoms with E-state index in [1.54, 1.807) is 24.3 Å². The van der Waals surface area contributed by atoms with Crippen LogP contribution in [0.1, 0.15) is 11.1 Å². The van der Waals surface area contributed by atoms with Gasteiger partial charge >= 0.3 is 0 Å². The van der Waals surface area contributed by atoms with Gasteiger partial charge in [0.2, 0.25) is 5.91 Å². The molecule has 5 heteroatoms. The van der Waals surface area contributed by atoms with Crippen molar-refractivity contribution in [2.45, 2.75) is 6.42 Å². The Labute approximate surface area is 109 Å². The maximum Gasteiger partial charge on any atom is 0.230 e. The first kappa shape index (κ1) is 12.7. The van der Waals surface area contributed by atoms with Crippen LogP contribution in [0.5, 0.6) is 0 Å². The second kappa shape index (κ2) is 5.74. The zero-order chi connectivity index (χ0) is 13.7. The van der Waals surface area contributed by atoms with E-state index in [4.69, 9.17) is 5.26 Å². The highest BCUT2D eigenvalue weighted by Gasteiger charge is 2.08.